The number of hydrogen-bond donors (Lipinski definition) is 1. The molecule has 104 valence electrons. The van der Waals surface area contributed by atoms with Gasteiger partial charge in [-0.25, -0.2) is 0 Å². The third-order valence-corrected chi connectivity index (χ3v) is 3.05. The van der Waals surface area contributed by atoms with Gasteiger partial charge in [-0.3, -0.25) is 14.8 Å². The Balaban J connectivity index is 2.03. The number of rotatable bonds is 4. The molecule has 5 nitrogen and oxygen atoms in total. The number of likely N-dealkylation sites (N-methyl/N-ethyl adjacent to an activating group) is 1. The van der Waals surface area contributed by atoms with Crippen LogP contribution in [0.25, 0.3) is 0 Å². The van der Waals surface area contributed by atoms with E-state index in [4.69, 9.17) is 0 Å². The number of aryl methyl sites for hydroxylation is 1. The van der Waals surface area contributed by atoms with Gasteiger partial charge in [0.1, 0.15) is 5.75 Å². The van der Waals surface area contributed by atoms with E-state index >= 15 is 0 Å². The van der Waals surface area contributed by atoms with Gasteiger partial charge in [0.05, 0.1) is 11.3 Å². The van der Waals surface area contributed by atoms with Crippen molar-refractivity contribution in [1.82, 2.24) is 14.9 Å². The minimum Gasteiger partial charge on any atom is -0.507 e. The van der Waals surface area contributed by atoms with Crippen molar-refractivity contribution in [2.45, 2.75) is 13.3 Å². The Bertz CT molecular complexity index is 599. The molecule has 0 fully saturated rings. The number of benzene rings is 1. The zero-order chi connectivity index (χ0) is 14.5. The fraction of sp³-hybridized carbons (Fsp3) is 0.267. The highest BCUT2D eigenvalue weighted by molar-refractivity contribution is 5.96. The standard InChI is InChI=1S/C15H17N3O2/c1-11-3-4-14(19)13(9-11)15(20)18(2)8-5-12-10-16-6-7-17-12/h3-4,6-7,9-10,19H,5,8H2,1-2H3. The highest BCUT2D eigenvalue weighted by atomic mass is 16.3. The second-order valence-electron chi connectivity index (χ2n) is 4.69. The van der Waals surface area contributed by atoms with E-state index in [1.807, 2.05) is 6.92 Å². The molecule has 0 spiro atoms. The van der Waals surface area contributed by atoms with Crippen molar-refractivity contribution in [3.8, 4) is 5.75 Å². The first-order chi connectivity index (χ1) is 9.58. The average molecular weight is 271 g/mol. The van der Waals surface area contributed by atoms with Crippen LogP contribution in [0.5, 0.6) is 5.75 Å². The van der Waals surface area contributed by atoms with E-state index in [1.54, 1.807) is 48.7 Å². The van der Waals surface area contributed by atoms with E-state index in [0.717, 1.165) is 11.3 Å². The molecule has 0 atom stereocenters. The van der Waals surface area contributed by atoms with E-state index in [0.29, 0.717) is 18.5 Å². The van der Waals surface area contributed by atoms with Crippen molar-refractivity contribution in [1.29, 1.82) is 0 Å². The molecule has 0 unspecified atom stereocenters. The summed E-state index contributed by atoms with van der Waals surface area (Å²) in [4.78, 5) is 22.0. The van der Waals surface area contributed by atoms with Crippen LogP contribution in [0.3, 0.4) is 0 Å². The lowest BCUT2D eigenvalue weighted by molar-refractivity contribution is 0.0793. The van der Waals surface area contributed by atoms with Gasteiger partial charge in [-0.15, -0.1) is 0 Å². The zero-order valence-corrected chi connectivity index (χ0v) is 11.6. The van der Waals surface area contributed by atoms with Crippen LogP contribution in [-0.4, -0.2) is 39.5 Å². The number of hydrogen-bond acceptors (Lipinski definition) is 4. The summed E-state index contributed by atoms with van der Waals surface area (Å²) in [5.41, 5.74) is 2.10. The summed E-state index contributed by atoms with van der Waals surface area (Å²) >= 11 is 0. The molecule has 0 bridgehead atoms. The molecular formula is C15H17N3O2. The maximum atomic E-state index is 12.3. The van der Waals surface area contributed by atoms with E-state index in [9.17, 15) is 9.90 Å². The molecule has 0 aliphatic rings. The molecule has 0 aliphatic heterocycles. The summed E-state index contributed by atoms with van der Waals surface area (Å²) in [6.07, 6.45) is 5.55. The lowest BCUT2D eigenvalue weighted by Gasteiger charge is -2.17. The molecule has 1 aromatic carbocycles. The van der Waals surface area contributed by atoms with Crippen LogP contribution >= 0.6 is 0 Å². The fourth-order valence-electron chi connectivity index (χ4n) is 1.87. The summed E-state index contributed by atoms with van der Waals surface area (Å²) < 4.78 is 0. The average Bonchev–Trinajstić information content (AvgIpc) is 2.47. The van der Waals surface area contributed by atoms with E-state index < -0.39 is 0 Å². The SMILES string of the molecule is Cc1ccc(O)c(C(=O)N(C)CCc2cnccn2)c1. The summed E-state index contributed by atoms with van der Waals surface area (Å²) in [5.74, 6) is -0.193. The van der Waals surface area contributed by atoms with Gasteiger partial charge >= 0.3 is 0 Å². The molecule has 0 saturated carbocycles. The highest BCUT2D eigenvalue weighted by Crippen LogP contribution is 2.19. The van der Waals surface area contributed by atoms with E-state index in [-0.39, 0.29) is 11.7 Å². The monoisotopic (exact) mass is 271 g/mol. The van der Waals surface area contributed by atoms with Crippen molar-refractivity contribution in [2.24, 2.45) is 0 Å². The van der Waals surface area contributed by atoms with Gasteiger partial charge in [0.25, 0.3) is 5.91 Å². The van der Waals surface area contributed by atoms with Gasteiger partial charge in [0, 0.05) is 38.6 Å². The number of aromatic hydroxyl groups is 1. The largest absolute Gasteiger partial charge is 0.507 e. The fourth-order valence-corrected chi connectivity index (χ4v) is 1.87. The molecule has 1 aromatic heterocycles. The number of carbonyl (C=O) groups excluding carboxylic acids is 1. The molecule has 2 aromatic rings. The van der Waals surface area contributed by atoms with Crippen molar-refractivity contribution >= 4 is 5.91 Å². The molecule has 5 heteroatoms. The number of aromatic nitrogens is 2. The molecule has 0 radical (unpaired) electrons. The van der Waals surface area contributed by atoms with Crippen LogP contribution < -0.4 is 0 Å². The summed E-state index contributed by atoms with van der Waals surface area (Å²) in [5, 5.41) is 9.77. The topological polar surface area (TPSA) is 66.3 Å². The minimum atomic E-state index is -0.199. The van der Waals surface area contributed by atoms with Gasteiger partial charge in [-0.1, -0.05) is 11.6 Å². The first-order valence-electron chi connectivity index (χ1n) is 6.38. The first-order valence-corrected chi connectivity index (χ1v) is 6.38. The Labute approximate surface area is 117 Å². The second kappa shape index (κ2) is 6.14. The van der Waals surface area contributed by atoms with Crippen LogP contribution in [0.4, 0.5) is 0 Å². The lowest BCUT2D eigenvalue weighted by Crippen LogP contribution is -2.29. The van der Waals surface area contributed by atoms with E-state index in [2.05, 4.69) is 9.97 Å². The summed E-state index contributed by atoms with van der Waals surface area (Å²) in [6.45, 7) is 2.40. The molecular weight excluding hydrogens is 254 g/mol. The number of amides is 1. The van der Waals surface area contributed by atoms with Crippen LogP contribution in [0.15, 0.2) is 36.8 Å². The molecule has 1 heterocycles. The Morgan fingerprint density at radius 1 is 1.35 bits per heavy atom. The number of phenols is 1. The number of phenolic OH excluding ortho intramolecular Hbond substituents is 1. The maximum absolute atomic E-state index is 12.3. The molecule has 20 heavy (non-hydrogen) atoms. The van der Waals surface area contributed by atoms with Crippen LogP contribution in [-0.2, 0) is 6.42 Å². The third-order valence-electron chi connectivity index (χ3n) is 3.05. The predicted octanol–water partition coefficient (Wildman–Crippen LogP) is 1.81. The van der Waals surface area contributed by atoms with Gasteiger partial charge in [0.15, 0.2) is 0 Å². The molecule has 0 saturated heterocycles. The van der Waals surface area contributed by atoms with Gasteiger partial charge < -0.3 is 10.0 Å². The smallest absolute Gasteiger partial charge is 0.257 e. The Kier molecular flexibility index (Phi) is 4.30. The normalized spacial score (nSPS) is 10.3. The Morgan fingerprint density at radius 3 is 2.85 bits per heavy atom. The maximum Gasteiger partial charge on any atom is 0.257 e. The van der Waals surface area contributed by atoms with Gasteiger partial charge in [-0.05, 0) is 19.1 Å². The second-order valence-corrected chi connectivity index (χ2v) is 4.69. The zero-order valence-electron chi connectivity index (χ0n) is 11.6. The van der Waals surface area contributed by atoms with Crippen LogP contribution in [0.2, 0.25) is 0 Å². The number of carbonyl (C=O) groups is 1. The molecule has 0 aliphatic carbocycles. The highest BCUT2D eigenvalue weighted by Gasteiger charge is 2.15. The Hall–Kier alpha value is -2.43. The van der Waals surface area contributed by atoms with E-state index in [1.165, 1.54) is 0 Å². The summed E-state index contributed by atoms with van der Waals surface area (Å²) in [7, 11) is 1.71. The Morgan fingerprint density at radius 2 is 2.15 bits per heavy atom. The minimum absolute atomic E-state index is 0.00644. The molecule has 1 amide bonds. The third kappa shape index (κ3) is 3.32. The van der Waals surface area contributed by atoms with Crippen LogP contribution in [0, 0.1) is 6.92 Å². The lowest BCUT2D eigenvalue weighted by atomic mass is 10.1. The molecule has 1 N–H and O–H groups in total. The summed E-state index contributed by atoms with van der Waals surface area (Å²) in [6, 6.07) is 5.00. The first kappa shape index (κ1) is 14.0. The van der Waals surface area contributed by atoms with Crippen molar-refractivity contribution in [3.05, 3.63) is 53.6 Å². The van der Waals surface area contributed by atoms with Crippen molar-refractivity contribution < 1.29 is 9.90 Å². The van der Waals surface area contributed by atoms with Crippen molar-refractivity contribution in [3.63, 3.8) is 0 Å². The van der Waals surface area contributed by atoms with Gasteiger partial charge in [0.2, 0.25) is 0 Å². The molecule has 2 rings (SSSR count). The van der Waals surface area contributed by atoms with Gasteiger partial charge in [-0.2, -0.15) is 0 Å². The quantitative estimate of drug-likeness (QED) is 0.921. The predicted molar refractivity (Wildman–Crippen MR) is 75.5 cm³/mol. The van der Waals surface area contributed by atoms with Crippen molar-refractivity contribution in [2.75, 3.05) is 13.6 Å². The number of nitrogens with zero attached hydrogens (tertiary/aromatic N) is 3. The van der Waals surface area contributed by atoms with Crippen LogP contribution in [0.1, 0.15) is 21.6 Å².